The molecule has 0 amide bonds. The molecule has 5 atom stereocenters. The molecule has 3 unspecified atom stereocenters. The molecule has 0 aliphatic carbocycles. The third-order valence-corrected chi connectivity index (χ3v) is 18.1. The zero-order chi connectivity index (χ0) is 77.4. The fourth-order valence-corrected chi connectivity index (χ4v) is 11.7. The predicted octanol–water partition coefficient (Wildman–Crippen LogP) is 23.8. The summed E-state index contributed by atoms with van der Waals surface area (Å²) in [6.07, 6.45) is 91.8. The number of rotatable bonds is 74. The number of aliphatic hydroxyl groups excluding tert-OH is 1. The van der Waals surface area contributed by atoms with Gasteiger partial charge in [0.25, 0.3) is 0 Å². The number of ether oxygens (including phenoxy) is 4. The first kappa shape index (κ1) is 100. The number of phosphoric acid groups is 2. The summed E-state index contributed by atoms with van der Waals surface area (Å²) in [5, 5.41) is 10.7. The van der Waals surface area contributed by atoms with Gasteiger partial charge in [-0.15, -0.1) is 0 Å². The summed E-state index contributed by atoms with van der Waals surface area (Å²) in [6.45, 7) is 4.40. The van der Waals surface area contributed by atoms with E-state index in [4.69, 9.17) is 37.0 Å². The molecule has 0 aromatic rings. The van der Waals surface area contributed by atoms with Gasteiger partial charge in [-0.05, 0) is 173 Å². The van der Waals surface area contributed by atoms with Crippen LogP contribution in [0.4, 0.5) is 0 Å². The summed E-state index contributed by atoms with van der Waals surface area (Å²) >= 11 is 0. The van der Waals surface area contributed by atoms with E-state index in [0.29, 0.717) is 25.7 Å². The highest BCUT2D eigenvalue weighted by atomic mass is 31.2. The van der Waals surface area contributed by atoms with Crippen LogP contribution in [0.1, 0.15) is 297 Å². The van der Waals surface area contributed by atoms with Crippen LogP contribution >= 0.6 is 15.6 Å². The van der Waals surface area contributed by atoms with Gasteiger partial charge >= 0.3 is 39.5 Å². The van der Waals surface area contributed by atoms with Crippen LogP contribution in [0.2, 0.25) is 0 Å². The molecule has 0 aliphatic heterocycles. The smallest absolute Gasteiger partial charge is 0.462 e. The molecule has 0 bridgehead atoms. The number of hydrogen-bond acceptors (Lipinski definition) is 15. The molecule has 0 rings (SSSR count). The lowest BCUT2D eigenvalue weighted by Crippen LogP contribution is -2.30. The molecule has 0 saturated carbocycles. The molecule has 0 aromatic carbocycles. The van der Waals surface area contributed by atoms with E-state index in [0.717, 1.165) is 199 Å². The van der Waals surface area contributed by atoms with Gasteiger partial charge in [-0.25, -0.2) is 9.13 Å². The maximum Gasteiger partial charge on any atom is 0.472 e. The Morgan fingerprint density at radius 1 is 0.274 bits per heavy atom. The van der Waals surface area contributed by atoms with E-state index >= 15 is 0 Å². The molecule has 0 aromatic heterocycles. The Morgan fingerprint density at radius 2 is 0.491 bits per heavy atom. The number of unbranched alkanes of at least 4 members (excludes halogenated alkanes) is 20. The summed E-state index contributed by atoms with van der Waals surface area (Å²) in [7, 11) is -10.0. The standard InChI is InChI=1S/C87H142O17P2/c1-5-9-13-17-21-25-29-33-37-40-44-48-52-56-60-64-68-72-85(90)98-78-83(104-87(92)74-70-66-62-58-54-50-46-42-39-35-31-27-23-19-15-11-7-3)80-102-106(95,96)100-76-81(88)75-99-105(93,94)101-79-82(77-97-84(89)71-67-63-59-55-51-47-43-36-32-28-24-20-16-12-8-4)103-86(91)73-69-65-61-57-53-49-45-41-38-34-30-26-22-18-14-10-6-2/h9-11,13-15,21-28,33-39,43-46,48-50,81-83,88H,5-8,12,16-20,29-32,40-42,47,51-80H2,1-4H3,(H,93,94)(H,95,96)/t81?,82-,83-/m1/s1. The number of esters is 4. The van der Waals surface area contributed by atoms with Crippen LogP contribution in [-0.4, -0.2) is 96.7 Å². The second kappa shape index (κ2) is 77.6. The molecule has 0 saturated heterocycles. The maximum absolute atomic E-state index is 13.1. The van der Waals surface area contributed by atoms with E-state index < -0.39 is 97.5 Å². The SMILES string of the molecule is CCC=CCC=CCC=CCC=CCCCCCCC(=O)OC[C@H](COP(=O)(O)OCC(O)COP(=O)(O)OC[C@@H](COC(=O)CCCCCCCC=CCC=CCCCCC)OC(=O)CCCCCCC=CCC=CCC=CCC=CCC)OC(=O)CCCCCCC=CCC=CCC=CCC=CCC. The Hall–Kier alpha value is -5.58. The number of aliphatic hydroxyl groups is 1. The third kappa shape index (κ3) is 76.6. The molecular formula is C87H142O17P2. The Kier molecular flexibility index (Phi) is 73.5. The van der Waals surface area contributed by atoms with Gasteiger partial charge in [0.05, 0.1) is 26.4 Å². The first-order chi connectivity index (χ1) is 51.7. The van der Waals surface area contributed by atoms with Gasteiger partial charge in [-0.3, -0.25) is 37.3 Å². The van der Waals surface area contributed by atoms with Crippen LogP contribution < -0.4 is 0 Å². The summed E-state index contributed by atoms with van der Waals surface area (Å²) < 4.78 is 68.6. The largest absolute Gasteiger partial charge is 0.472 e. The van der Waals surface area contributed by atoms with Gasteiger partial charge in [0.2, 0.25) is 0 Å². The van der Waals surface area contributed by atoms with Crippen LogP contribution in [-0.2, 0) is 65.4 Å². The van der Waals surface area contributed by atoms with Gasteiger partial charge in [-0.2, -0.15) is 0 Å². The van der Waals surface area contributed by atoms with Crippen molar-refractivity contribution in [2.45, 2.75) is 316 Å². The number of phosphoric ester groups is 2. The number of hydrogen-bond donors (Lipinski definition) is 3. The molecule has 0 aliphatic rings. The Labute approximate surface area is 642 Å². The van der Waals surface area contributed by atoms with Crippen molar-refractivity contribution in [3.8, 4) is 0 Å². The Morgan fingerprint density at radius 3 is 0.755 bits per heavy atom. The Balaban J connectivity index is 5.48. The van der Waals surface area contributed by atoms with Gasteiger partial charge in [-0.1, -0.05) is 268 Å². The van der Waals surface area contributed by atoms with Crippen LogP contribution in [0.3, 0.4) is 0 Å². The van der Waals surface area contributed by atoms with Gasteiger partial charge in [0.1, 0.15) is 19.3 Å². The van der Waals surface area contributed by atoms with E-state index in [1.165, 1.54) is 19.3 Å². The zero-order valence-electron chi connectivity index (χ0n) is 65.8. The average Bonchev–Trinajstić information content (AvgIpc) is 0.905. The quantitative estimate of drug-likeness (QED) is 0.0169. The number of carbonyl (C=O) groups is 4. The highest BCUT2D eigenvalue weighted by Crippen LogP contribution is 2.45. The zero-order valence-corrected chi connectivity index (χ0v) is 67.6. The number of allylic oxidation sites excluding steroid dienone is 28. The monoisotopic (exact) mass is 1520 g/mol. The van der Waals surface area contributed by atoms with Crippen molar-refractivity contribution in [3.63, 3.8) is 0 Å². The molecular weight excluding hydrogens is 1380 g/mol. The Bertz CT molecular complexity index is 2680. The molecule has 3 N–H and O–H groups in total. The highest BCUT2D eigenvalue weighted by molar-refractivity contribution is 7.47. The molecule has 0 heterocycles. The van der Waals surface area contributed by atoms with Crippen molar-refractivity contribution in [2.75, 3.05) is 39.6 Å². The fourth-order valence-electron chi connectivity index (χ4n) is 10.1. The molecule has 17 nitrogen and oxygen atoms in total. The van der Waals surface area contributed by atoms with Crippen LogP contribution in [0, 0.1) is 0 Å². The van der Waals surface area contributed by atoms with Crippen molar-refractivity contribution in [2.24, 2.45) is 0 Å². The van der Waals surface area contributed by atoms with Crippen LogP contribution in [0.5, 0.6) is 0 Å². The first-order valence-electron chi connectivity index (χ1n) is 40.4. The lowest BCUT2D eigenvalue weighted by molar-refractivity contribution is -0.161. The van der Waals surface area contributed by atoms with E-state index in [9.17, 15) is 43.2 Å². The minimum atomic E-state index is -5.00. The normalized spacial score (nSPS) is 14.7. The molecule has 0 spiro atoms. The van der Waals surface area contributed by atoms with E-state index in [-0.39, 0.29) is 25.7 Å². The number of carbonyl (C=O) groups excluding carboxylic acids is 4. The van der Waals surface area contributed by atoms with Gasteiger partial charge in [0, 0.05) is 25.7 Å². The predicted molar refractivity (Wildman–Crippen MR) is 436 cm³/mol. The summed E-state index contributed by atoms with van der Waals surface area (Å²) in [5.74, 6) is -2.28. The highest BCUT2D eigenvalue weighted by Gasteiger charge is 2.30. The van der Waals surface area contributed by atoms with Crippen LogP contribution in [0.25, 0.3) is 0 Å². The van der Waals surface area contributed by atoms with Crippen LogP contribution in [0.15, 0.2) is 170 Å². The first-order valence-corrected chi connectivity index (χ1v) is 43.4. The fraction of sp³-hybridized carbons (Fsp3) is 0.632. The van der Waals surface area contributed by atoms with Gasteiger partial charge < -0.3 is 33.8 Å². The van der Waals surface area contributed by atoms with Crippen molar-refractivity contribution < 1.29 is 80.2 Å². The van der Waals surface area contributed by atoms with Crippen molar-refractivity contribution in [3.05, 3.63) is 170 Å². The minimum Gasteiger partial charge on any atom is -0.462 e. The molecule has 602 valence electrons. The molecule has 106 heavy (non-hydrogen) atoms. The van der Waals surface area contributed by atoms with E-state index in [1.54, 1.807) is 0 Å². The second-order valence-corrected chi connectivity index (χ2v) is 29.1. The van der Waals surface area contributed by atoms with Crippen molar-refractivity contribution in [1.82, 2.24) is 0 Å². The summed E-state index contributed by atoms with van der Waals surface area (Å²) in [5.41, 5.74) is 0. The molecule has 0 fully saturated rings. The minimum absolute atomic E-state index is 0.0542. The molecule has 19 heteroatoms. The third-order valence-electron chi connectivity index (χ3n) is 16.2. The van der Waals surface area contributed by atoms with Gasteiger partial charge in [0.15, 0.2) is 12.2 Å². The van der Waals surface area contributed by atoms with Crippen molar-refractivity contribution >= 4 is 39.5 Å². The van der Waals surface area contributed by atoms with E-state index in [1.807, 2.05) is 0 Å². The molecule has 0 radical (unpaired) electrons. The van der Waals surface area contributed by atoms with E-state index in [2.05, 4.69) is 198 Å². The lowest BCUT2D eigenvalue weighted by Gasteiger charge is -2.21. The summed E-state index contributed by atoms with van der Waals surface area (Å²) in [6, 6.07) is 0. The average molecular weight is 1520 g/mol. The maximum atomic E-state index is 13.1. The lowest BCUT2D eigenvalue weighted by atomic mass is 10.1. The van der Waals surface area contributed by atoms with Crippen molar-refractivity contribution in [1.29, 1.82) is 0 Å². The second-order valence-electron chi connectivity index (χ2n) is 26.2. The summed E-state index contributed by atoms with van der Waals surface area (Å²) in [4.78, 5) is 73.1. The topological polar surface area (TPSA) is 237 Å².